The number of likely N-dealkylation sites (tertiary alicyclic amines) is 1. The summed E-state index contributed by atoms with van der Waals surface area (Å²) in [5, 5.41) is 0. The zero-order chi connectivity index (χ0) is 22.0. The number of benzene rings is 1. The van der Waals surface area contributed by atoms with Crippen molar-refractivity contribution in [2.45, 2.75) is 25.7 Å². The highest BCUT2D eigenvalue weighted by atomic mass is 19.1. The number of carbonyl (C=O) groups excluding carboxylic acids is 1. The number of aromatic nitrogens is 3. The molecule has 7 heteroatoms. The van der Waals surface area contributed by atoms with Gasteiger partial charge in [0.1, 0.15) is 5.82 Å². The van der Waals surface area contributed by atoms with Crippen LogP contribution in [0.5, 0.6) is 0 Å². The molecule has 1 aromatic carbocycles. The molecule has 1 saturated heterocycles. The Morgan fingerprint density at radius 2 is 1.81 bits per heavy atom. The highest BCUT2D eigenvalue weighted by Crippen LogP contribution is 2.30. The number of carbonyl (C=O) groups is 1. The van der Waals surface area contributed by atoms with Crippen LogP contribution in [0.2, 0.25) is 0 Å². The van der Waals surface area contributed by atoms with Crippen molar-refractivity contribution >= 4 is 11.9 Å². The van der Waals surface area contributed by atoms with Gasteiger partial charge in [0.05, 0.1) is 5.56 Å². The van der Waals surface area contributed by atoms with Crippen molar-refractivity contribution in [1.82, 2.24) is 19.9 Å². The number of nitrogens with zero attached hydrogens (tertiary/aromatic N) is 5. The molecule has 0 saturated carbocycles. The predicted octanol–water partition coefficient (Wildman–Crippen LogP) is 4.07. The van der Waals surface area contributed by atoms with Crippen molar-refractivity contribution in [2.24, 2.45) is 0 Å². The van der Waals surface area contributed by atoms with Gasteiger partial charge in [0.15, 0.2) is 0 Å². The van der Waals surface area contributed by atoms with Gasteiger partial charge in [-0.2, -0.15) is 0 Å². The Morgan fingerprint density at radius 3 is 2.48 bits per heavy atom. The molecular weight excluding hydrogens is 393 g/mol. The second kappa shape index (κ2) is 8.79. The summed E-state index contributed by atoms with van der Waals surface area (Å²) in [6, 6.07) is 10.6. The molecule has 0 radical (unpaired) electrons. The van der Waals surface area contributed by atoms with Crippen LogP contribution in [0.1, 0.15) is 40.5 Å². The normalized spacial score (nSPS) is 16.3. The van der Waals surface area contributed by atoms with Gasteiger partial charge < -0.3 is 9.80 Å². The molecule has 0 spiro atoms. The Balaban J connectivity index is 1.54. The van der Waals surface area contributed by atoms with Crippen LogP contribution in [0, 0.1) is 12.7 Å². The molecular formula is C24H26FN5O. The fraction of sp³-hybridized carbons (Fsp3) is 0.333. The number of hydrogen-bond donors (Lipinski definition) is 0. The molecule has 0 unspecified atom stereocenters. The summed E-state index contributed by atoms with van der Waals surface area (Å²) in [4.78, 5) is 30.0. The van der Waals surface area contributed by atoms with E-state index in [1.165, 1.54) is 12.1 Å². The molecule has 31 heavy (non-hydrogen) atoms. The zero-order valence-electron chi connectivity index (χ0n) is 18.0. The van der Waals surface area contributed by atoms with Gasteiger partial charge in [0.2, 0.25) is 5.95 Å². The van der Waals surface area contributed by atoms with Gasteiger partial charge in [0.25, 0.3) is 5.91 Å². The number of pyridine rings is 1. The first-order valence-corrected chi connectivity index (χ1v) is 10.4. The molecule has 3 aromatic rings. The molecule has 6 nitrogen and oxygen atoms in total. The number of rotatable bonds is 4. The third-order valence-corrected chi connectivity index (χ3v) is 5.56. The topological polar surface area (TPSA) is 62.2 Å². The molecule has 1 amide bonds. The maximum absolute atomic E-state index is 13.3. The van der Waals surface area contributed by atoms with Crippen molar-refractivity contribution in [3.05, 3.63) is 71.6 Å². The Kier molecular flexibility index (Phi) is 5.93. The zero-order valence-corrected chi connectivity index (χ0v) is 18.0. The predicted molar refractivity (Wildman–Crippen MR) is 119 cm³/mol. The van der Waals surface area contributed by atoms with Crippen molar-refractivity contribution in [1.29, 1.82) is 0 Å². The van der Waals surface area contributed by atoms with Gasteiger partial charge in [-0.3, -0.25) is 9.78 Å². The van der Waals surface area contributed by atoms with Crippen molar-refractivity contribution in [2.75, 3.05) is 32.1 Å². The van der Waals surface area contributed by atoms with Crippen LogP contribution in [0.15, 0.2) is 48.8 Å². The molecule has 0 N–H and O–H groups in total. The number of aryl methyl sites for hydroxylation is 1. The largest absolute Gasteiger partial charge is 0.347 e. The van der Waals surface area contributed by atoms with E-state index in [1.807, 2.05) is 32.0 Å². The Hall–Kier alpha value is -3.35. The Labute approximate surface area is 181 Å². The van der Waals surface area contributed by atoms with E-state index in [1.54, 1.807) is 29.4 Å². The van der Waals surface area contributed by atoms with Gasteiger partial charge in [-0.15, -0.1) is 0 Å². The fourth-order valence-corrected chi connectivity index (χ4v) is 3.96. The number of amides is 1. The lowest BCUT2D eigenvalue weighted by Gasteiger charge is -2.32. The number of anilines is 1. The van der Waals surface area contributed by atoms with Crippen LogP contribution < -0.4 is 4.90 Å². The summed E-state index contributed by atoms with van der Waals surface area (Å²) in [5.74, 6) is 0.421. The maximum Gasteiger partial charge on any atom is 0.257 e. The highest BCUT2D eigenvalue weighted by Gasteiger charge is 2.27. The first-order chi connectivity index (χ1) is 14.9. The lowest BCUT2D eigenvalue weighted by Crippen LogP contribution is -2.39. The average Bonchev–Trinajstić information content (AvgIpc) is 2.79. The number of halogens is 1. The molecule has 4 rings (SSSR count). The van der Waals surface area contributed by atoms with Crippen LogP contribution in [-0.4, -0.2) is 52.9 Å². The van der Waals surface area contributed by atoms with Gasteiger partial charge in [-0.25, -0.2) is 14.4 Å². The molecule has 1 aliphatic rings. The van der Waals surface area contributed by atoms with Crippen molar-refractivity contribution in [3.63, 3.8) is 0 Å². The molecule has 160 valence electrons. The monoisotopic (exact) mass is 419 g/mol. The van der Waals surface area contributed by atoms with Gasteiger partial charge >= 0.3 is 0 Å². The highest BCUT2D eigenvalue weighted by molar-refractivity contribution is 5.93. The van der Waals surface area contributed by atoms with E-state index in [4.69, 9.17) is 4.98 Å². The molecule has 1 fully saturated rings. The van der Waals surface area contributed by atoms with E-state index in [0.29, 0.717) is 24.6 Å². The van der Waals surface area contributed by atoms with Crippen LogP contribution in [-0.2, 0) is 0 Å². The summed E-state index contributed by atoms with van der Waals surface area (Å²) in [7, 11) is 3.72. The molecule has 1 atom stereocenters. The standard InChI is InChI=1S/C24H26FN5O/c1-16-11-19(17-6-8-21(25)9-7-17)12-22(28-16)18-5-4-10-30(15-18)23(31)20-13-26-24(27-14-20)29(2)3/h6-9,11-14,18H,4-5,10,15H2,1-3H3/t18-/m0/s1. The van der Waals surface area contributed by atoms with Gasteiger partial charge in [0, 0.05) is 56.9 Å². The second-order valence-electron chi connectivity index (χ2n) is 8.19. The van der Waals surface area contributed by atoms with Gasteiger partial charge in [-0.05, 0) is 55.2 Å². The van der Waals surface area contributed by atoms with Crippen LogP contribution in [0.25, 0.3) is 11.1 Å². The van der Waals surface area contributed by atoms with Crippen LogP contribution >= 0.6 is 0 Å². The lowest BCUT2D eigenvalue weighted by atomic mass is 9.92. The molecule has 0 aliphatic carbocycles. The molecule has 2 aromatic heterocycles. The Morgan fingerprint density at radius 1 is 1.10 bits per heavy atom. The van der Waals surface area contributed by atoms with E-state index in [2.05, 4.69) is 16.0 Å². The summed E-state index contributed by atoms with van der Waals surface area (Å²) >= 11 is 0. The minimum absolute atomic E-state index is 0.0542. The smallest absolute Gasteiger partial charge is 0.257 e. The summed E-state index contributed by atoms with van der Waals surface area (Å²) in [6.07, 6.45) is 5.06. The van der Waals surface area contributed by atoms with Crippen LogP contribution in [0.3, 0.4) is 0 Å². The Bertz CT molecular complexity index is 1070. The van der Waals surface area contributed by atoms with E-state index in [9.17, 15) is 9.18 Å². The van der Waals surface area contributed by atoms with E-state index in [0.717, 1.165) is 35.4 Å². The van der Waals surface area contributed by atoms with Crippen molar-refractivity contribution < 1.29 is 9.18 Å². The molecule has 0 bridgehead atoms. The summed E-state index contributed by atoms with van der Waals surface area (Å²) in [5.41, 5.74) is 4.34. The second-order valence-corrected chi connectivity index (χ2v) is 8.19. The quantitative estimate of drug-likeness (QED) is 0.638. The number of hydrogen-bond acceptors (Lipinski definition) is 5. The first kappa shape index (κ1) is 20.9. The fourth-order valence-electron chi connectivity index (χ4n) is 3.96. The maximum atomic E-state index is 13.3. The van der Waals surface area contributed by atoms with Crippen LogP contribution in [0.4, 0.5) is 10.3 Å². The number of piperidine rings is 1. The summed E-state index contributed by atoms with van der Waals surface area (Å²) < 4.78 is 13.3. The van der Waals surface area contributed by atoms with E-state index >= 15 is 0 Å². The molecule has 1 aliphatic heterocycles. The van der Waals surface area contributed by atoms with Crippen molar-refractivity contribution in [3.8, 4) is 11.1 Å². The molecule has 3 heterocycles. The minimum atomic E-state index is -0.251. The third-order valence-electron chi connectivity index (χ3n) is 5.56. The minimum Gasteiger partial charge on any atom is -0.347 e. The van der Waals surface area contributed by atoms with Gasteiger partial charge in [-0.1, -0.05) is 12.1 Å². The summed E-state index contributed by atoms with van der Waals surface area (Å²) in [6.45, 7) is 3.28. The first-order valence-electron chi connectivity index (χ1n) is 10.4. The van der Waals surface area contributed by atoms with E-state index in [-0.39, 0.29) is 17.6 Å². The lowest BCUT2D eigenvalue weighted by molar-refractivity contribution is 0.0705. The van der Waals surface area contributed by atoms with E-state index < -0.39 is 0 Å². The third kappa shape index (κ3) is 4.71. The SMILES string of the molecule is Cc1cc(-c2ccc(F)cc2)cc([C@H]2CCCN(C(=O)c3cnc(N(C)C)nc3)C2)n1. The average molecular weight is 420 g/mol.